The Morgan fingerprint density at radius 1 is 1.15 bits per heavy atom. The molecule has 0 saturated carbocycles. The van der Waals surface area contributed by atoms with Crippen LogP contribution in [0, 0.1) is 11.3 Å². The van der Waals surface area contributed by atoms with Gasteiger partial charge in [0.15, 0.2) is 0 Å². The van der Waals surface area contributed by atoms with E-state index in [1.807, 2.05) is 39.0 Å². The van der Waals surface area contributed by atoms with Gasteiger partial charge in [0.2, 0.25) is 0 Å². The van der Waals surface area contributed by atoms with E-state index in [9.17, 15) is 19.5 Å². The van der Waals surface area contributed by atoms with Crippen molar-refractivity contribution in [3.05, 3.63) is 88.6 Å². The maximum Gasteiger partial charge on any atom is 0.337 e. The molecule has 2 aromatic carbocycles. The Hall–Kier alpha value is -3.59. The molecule has 1 aromatic heterocycles. The molecule has 1 amide bonds. The summed E-state index contributed by atoms with van der Waals surface area (Å²) in [6.07, 6.45) is 2.89. The number of nitrogens with zero attached hydrogens (tertiary/aromatic N) is 2. The number of methoxy groups -OCH3 is 1. The van der Waals surface area contributed by atoms with E-state index < -0.39 is 28.9 Å². The molecule has 0 radical (unpaired) electrons. The third-order valence-electron chi connectivity index (χ3n) is 8.03. The fraction of sp³-hybridized carbons (Fsp3) is 0.375. The van der Waals surface area contributed by atoms with Gasteiger partial charge in [0.25, 0.3) is 5.91 Å². The van der Waals surface area contributed by atoms with Gasteiger partial charge in [-0.3, -0.25) is 9.78 Å². The fourth-order valence-corrected chi connectivity index (χ4v) is 5.71. The van der Waals surface area contributed by atoms with Crippen molar-refractivity contribution in [1.82, 2.24) is 15.2 Å². The molecular weight excluding hydrogens is 542 g/mol. The third kappa shape index (κ3) is 6.67. The van der Waals surface area contributed by atoms with Crippen LogP contribution in [0.1, 0.15) is 53.5 Å². The predicted octanol–water partition coefficient (Wildman–Crippen LogP) is 4.74. The lowest BCUT2D eigenvalue weighted by Gasteiger charge is -2.51. The zero-order valence-electron chi connectivity index (χ0n) is 23.8. The number of aldehydes is 1. The Morgan fingerprint density at radius 2 is 1.85 bits per heavy atom. The Morgan fingerprint density at radius 3 is 2.46 bits per heavy atom. The number of hydrogen-bond acceptors (Lipinski definition) is 7. The lowest BCUT2D eigenvalue weighted by molar-refractivity contribution is -0.128. The van der Waals surface area contributed by atoms with Crippen molar-refractivity contribution >= 4 is 29.8 Å². The largest absolute Gasteiger partial charge is 0.465 e. The summed E-state index contributed by atoms with van der Waals surface area (Å²) >= 11 is 6.06. The third-order valence-corrected chi connectivity index (χ3v) is 8.28. The van der Waals surface area contributed by atoms with Gasteiger partial charge in [0.05, 0.1) is 30.0 Å². The normalized spacial score (nSPS) is 20.0. The van der Waals surface area contributed by atoms with E-state index in [2.05, 4.69) is 15.2 Å². The van der Waals surface area contributed by atoms with E-state index in [4.69, 9.17) is 16.3 Å². The monoisotopic (exact) mass is 577 g/mol. The second kappa shape index (κ2) is 12.5. The second-order valence-corrected chi connectivity index (χ2v) is 11.8. The van der Waals surface area contributed by atoms with Crippen LogP contribution in [0.15, 0.2) is 66.9 Å². The van der Waals surface area contributed by atoms with Crippen molar-refractivity contribution in [2.24, 2.45) is 11.3 Å². The Kier molecular flexibility index (Phi) is 9.27. The van der Waals surface area contributed by atoms with E-state index in [0.29, 0.717) is 42.3 Å². The molecule has 1 unspecified atom stereocenters. The van der Waals surface area contributed by atoms with E-state index in [1.165, 1.54) is 13.2 Å². The summed E-state index contributed by atoms with van der Waals surface area (Å²) in [6.45, 7) is 7.75. The molecule has 4 rings (SSSR count). The first-order valence-corrected chi connectivity index (χ1v) is 14.0. The zero-order valence-corrected chi connectivity index (χ0v) is 24.5. The van der Waals surface area contributed by atoms with Gasteiger partial charge < -0.3 is 24.9 Å². The maximum absolute atomic E-state index is 13.3. The molecule has 1 aliphatic heterocycles. The van der Waals surface area contributed by atoms with Gasteiger partial charge in [-0.25, -0.2) is 4.79 Å². The highest BCUT2D eigenvalue weighted by Crippen LogP contribution is 2.46. The standard InChI is InChI=1S/C32H36ClN3O5/c1-21(18-36-14-12-32(40,31(2,3)20-36)25-8-10-26(33)11-9-25)28(19-37)35-29(38)23-15-22(27-7-5-6-13-34-27)16-24(17-23)30(39)41-4/h5-11,13,15-17,19,21,28,40H,12,14,18,20H2,1-4H3,(H,35,38)/t21-,28?,32-/m0/s1. The van der Waals surface area contributed by atoms with Gasteiger partial charge in [0, 0.05) is 47.4 Å². The number of hydrogen-bond donors (Lipinski definition) is 2. The first-order valence-electron chi connectivity index (χ1n) is 13.6. The summed E-state index contributed by atoms with van der Waals surface area (Å²) in [6, 6.07) is 16.6. The summed E-state index contributed by atoms with van der Waals surface area (Å²) in [4.78, 5) is 44.3. The number of ether oxygens (including phenoxy) is 1. The van der Waals surface area contributed by atoms with Crippen LogP contribution in [0.3, 0.4) is 0 Å². The summed E-state index contributed by atoms with van der Waals surface area (Å²) in [5.41, 5.74) is 0.939. The predicted molar refractivity (Wildman–Crippen MR) is 158 cm³/mol. The average molecular weight is 578 g/mol. The van der Waals surface area contributed by atoms with E-state index in [1.54, 1.807) is 42.6 Å². The highest BCUT2D eigenvalue weighted by Gasteiger charge is 2.48. The number of nitrogens with one attached hydrogen (secondary N) is 1. The van der Waals surface area contributed by atoms with Gasteiger partial charge in [-0.05, 0) is 60.4 Å². The van der Waals surface area contributed by atoms with Crippen LogP contribution in [0.5, 0.6) is 0 Å². The van der Waals surface area contributed by atoms with Crippen molar-refractivity contribution in [3.8, 4) is 11.3 Å². The summed E-state index contributed by atoms with van der Waals surface area (Å²) in [5.74, 6) is -1.27. The quantitative estimate of drug-likeness (QED) is 0.279. The van der Waals surface area contributed by atoms with Crippen LogP contribution in [-0.4, -0.2) is 65.9 Å². The number of rotatable bonds is 9. The molecule has 0 spiro atoms. The molecule has 1 saturated heterocycles. The van der Waals surface area contributed by atoms with E-state index >= 15 is 0 Å². The van der Waals surface area contributed by atoms with Crippen LogP contribution in [0.25, 0.3) is 11.3 Å². The highest BCUT2D eigenvalue weighted by atomic mass is 35.5. The number of aromatic nitrogens is 1. The number of aliphatic hydroxyl groups is 1. The highest BCUT2D eigenvalue weighted by molar-refractivity contribution is 6.30. The van der Waals surface area contributed by atoms with Gasteiger partial charge in [-0.15, -0.1) is 0 Å². The number of piperidine rings is 1. The van der Waals surface area contributed by atoms with Crippen molar-refractivity contribution in [2.75, 3.05) is 26.7 Å². The van der Waals surface area contributed by atoms with Crippen molar-refractivity contribution in [1.29, 1.82) is 0 Å². The van der Waals surface area contributed by atoms with Crippen LogP contribution < -0.4 is 5.32 Å². The number of benzene rings is 2. The van der Waals surface area contributed by atoms with Crippen molar-refractivity contribution in [3.63, 3.8) is 0 Å². The molecule has 41 heavy (non-hydrogen) atoms. The minimum absolute atomic E-state index is 0.209. The second-order valence-electron chi connectivity index (χ2n) is 11.4. The number of carbonyl (C=O) groups excluding carboxylic acids is 3. The molecule has 0 bridgehead atoms. The molecule has 3 atom stereocenters. The molecular formula is C32H36ClN3O5. The van der Waals surface area contributed by atoms with E-state index in [0.717, 1.165) is 11.8 Å². The topological polar surface area (TPSA) is 109 Å². The molecule has 3 aromatic rings. The molecule has 1 aliphatic rings. The number of likely N-dealkylation sites (tertiary alicyclic amines) is 1. The Bertz CT molecular complexity index is 1400. The van der Waals surface area contributed by atoms with Crippen molar-refractivity contribution in [2.45, 2.75) is 38.8 Å². The van der Waals surface area contributed by atoms with Crippen LogP contribution in [-0.2, 0) is 15.1 Å². The summed E-state index contributed by atoms with van der Waals surface area (Å²) in [5, 5.41) is 15.1. The molecule has 216 valence electrons. The van der Waals surface area contributed by atoms with Gasteiger partial charge in [-0.1, -0.05) is 50.6 Å². The van der Waals surface area contributed by atoms with E-state index in [-0.39, 0.29) is 17.0 Å². The smallest absolute Gasteiger partial charge is 0.337 e. The molecule has 9 heteroatoms. The van der Waals surface area contributed by atoms with Crippen LogP contribution in [0.2, 0.25) is 5.02 Å². The van der Waals surface area contributed by atoms with Gasteiger partial charge >= 0.3 is 5.97 Å². The fourth-order valence-electron chi connectivity index (χ4n) is 5.59. The SMILES string of the molecule is COC(=O)c1cc(C(=O)NC(C=O)[C@@H](C)CN2CC[C@](O)(c3ccc(Cl)cc3)C(C)(C)C2)cc(-c2ccccn2)c1. The zero-order chi connectivity index (χ0) is 29.8. The lowest BCUT2D eigenvalue weighted by Crippen LogP contribution is -2.57. The minimum atomic E-state index is -1.02. The number of halogens is 1. The summed E-state index contributed by atoms with van der Waals surface area (Å²) < 4.78 is 4.88. The lowest BCUT2D eigenvalue weighted by atomic mass is 9.66. The van der Waals surface area contributed by atoms with Gasteiger partial charge in [0.1, 0.15) is 6.29 Å². The van der Waals surface area contributed by atoms with Crippen molar-refractivity contribution < 1.29 is 24.2 Å². The minimum Gasteiger partial charge on any atom is -0.465 e. The Labute approximate surface area is 245 Å². The Balaban J connectivity index is 1.47. The first-order chi connectivity index (χ1) is 19.5. The maximum atomic E-state index is 13.3. The number of amides is 1. The molecule has 0 aliphatic carbocycles. The number of esters is 1. The molecule has 1 fully saturated rings. The molecule has 8 nitrogen and oxygen atoms in total. The summed E-state index contributed by atoms with van der Waals surface area (Å²) in [7, 11) is 1.28. The van der Waals surface area contributed by atoms with Crippen LogP contribution in [0.4, 0.5) is 0 Å². The number of pyridine rings is 1. The average Bonchev–Trinajstić information content (AvgIpc) is 2.97. The molecule has 2 N–H and O–H groups in total. The molecule has 2 heterocycles. The van der Waals surface area contributed by atoms with Crippen LogP contribution >= 0.6 is 11.6 Å². The van der Waals surface area contributed by atoms with Gasteiger partial charge in [-0.2, -0.15) is 0 Å². The first kappa shape index (κ1) is 30.4. The number of carbonyl (C=O) groups is 3.